The van der Waals surface area contributed by atoms with Crippen molar-refractivity contribution in [1.29, 1.82) is 0 Å². The molecule has 1 aliphatic rings. The van der Waals surface area contributed by atoms with Gasteiger partial charge in [-0.25, -0.2) is 8.42 Å². The maximum atomic E-state index is 14.2. The second-order valence-corrected chi connectivity index (χ2v) is 13.0. The summed E-state index contributed by atoms with van der Waals surface area (Å²) in [5.74, 6) is -0.708. The van der Waals surface area contributed by atoms with Gasteiger partial charge in [0.25, 0.3) is 10.0 Å². The zero-order valence-electron chi connectivity index (χ0n) is 23.8. The highest BCUT2D eigenvalue weighted by Gasteiger charge is 2.35. The molecule has 1 atom stereocenters. The Hall–Kier alpha value is -3.36. The summed E-state index contributed by atoms with van der Waals surface area (Å²) in [4.78, 5) is 29.3. The van der Waals surface area contributed by atoms with Crippen LogP contribution in [0.5, 0.6) is 0 Å². The monoisotopic (exact) mass is 595 g/mol. The van der Waals surface area contributed by atoms with Crippen LogP contribution < -0.4 is 9.62 Å². The van der Waals surface area contributed by atoms with Gasteiger partial charge in [-0.05, 0) is 62.9 Å². The molecule has 1 N–H and O–H groups in total. The number of rotatable bonds is 11. The molecule has 0 bridgehead atoms. The number of aryl methyl sites for hydroxylation is 2. The van der Waals surface area contributed by atoms with E-state index in [-0.39, 0.29) is 34.1 Å². The van der Waals surface area contributed by atoms with E-state index in [1.807, 2.05) is 45.0 Å². The van der Waals surface area contributed by atoms with Gasteiger partial charge in [0, 0.05) is 12.6 Å². The quantitative estimate of drug-likeness (QED) is 0.294. The lowest BCUT2D eigenvalue weighted by molar-refractivity contribution is -0.140. The third-order valence-electron chi connectivity index (χ3n) is 7.57. The molecule has 2 amide bonds. The largest absolute Gasteiger partial charge is 0.352 e. The molecule has 0 radical (unpaired) electrons. The molecule has 4 rings (SSSR count). The van der Waals surface area contributed by atoms with E-state index in [9.17, 15) is 18.0 Å². The van der Waals surface area contributed by atoms with E-state index in [1.54, 1.807) is 36.4 Å². The summed E-state index contributed by atoms with van der Waals surface area (Å²) in [5.41, 5.74) is 3.03. The molecular formula is C32H38ClN3O4S. The molecule has 3 aromatic rings. The Kier molecular flexibility index (Phi) is 10.1. The Balaban J connectivity index is 1.72. The minimum Gasteiger partial charge on any atom is -0.352 e. The number of benzene rings is 3. The van der Waals surface area contributed by atoms with Gasteiger partial charge in [-0.3, -0.25) is 13.9 Å². The van der Waals surface area contributed by atoms with E-state index >= 15 is 0 Å². The van der Waals surface area contributed by atoms with Crippen LogP contribution in [0, 0.1) is 13.8 Å². The molecule has 7 nitrogen and oxygen atoms in total. The molecule has 41 heavy (non-hydrogen) atoms. The van der Waals surface area contributed by atoms with E-state index in [0.29, 0.717) is 6.42 Å². The molecule has 0 heterocycles. The maximum absolute atomic E-state index is 14.2. The highest BCUT2D eigenvalue weighted by Crippen LogP contribution is 2.31. The number of sulfonamides is 1. The van der Waals surface area contributed by atoms with Crippen molar-refractivity contribution in [3.63, 3.8) is 0 Å². The van der Waals surface area contributed by atoms with E-state index in [2.05, 4.69) is 5.32 Å². The molecule has 0 aromatic heterocycles. The van der Waals surface area contributed by atoms with E-state index in [1.165, 1.54) is 17.0 Å². The van der Waals surface area contributed by atoms with Crippen molar-refractivity contribution in [3.8, 4) is 0 Å². The predicted molar refractivity (Wildman–Crippen MR) is 163 cm³/mol. The first-order valence-corrected chi connectivity index (χ1v) is 15.9. The number of hydrogen-bond acceptors (Lipinski definition) is 4. The normalized spacial score (nSPS) is 14.4. The Morgan fingerprint density at radius 2 is 1.51 bits per heavy atom. The van der Waals surface area contributed by atoms with Crippen LogP contribution in [0.2, 0.25) is 5.02 Å². The first-order valence-electron chi connectivity index (χ1n) is 14.1. The molecule has 0 saturated heterocycles. The van der Waals surface area contributed by atoms with Crippen LogP contribution in [-0.4, -0.2) is 43.8 Å². The summed E-state index contributed by atoms with van der Waals surface area (Å²) >= 11 is 6.49. The number of hydrogen-bond donors (Lipinski definition) is 1. The van der Waals surface area contributed by atoms with Gasteiger partial charge in [-0.2, -0.15) is 0 Å². The lowest BCUT2D eigenvalue weighted by atomic mass is 10.1. The Morgan fingerprint density at radius 1 is 0.927 bits per heavy atom. The van der Waals surface area contributed by atoms with Crippen molar-refractivity contribution >= 4 is 39.1 Å². The second kappa shape index (κ2) is 13.5. The third-order valence-corrected chi connectivity index (χ3v) is 9.66. The summed E-state index contributed by atoms with van der Waals surface area (Å²) in [7, 11) is -4.17. The fourth-order valence-corrected chi connectivity index (χ4v) is 6.90. The summed E-state index contributed by atoms with van der Waals surface area (Å²) in [6.07, 6.45) is 4.36. The van der Waals surface area contributed by atoms with Crippen molar-refractivity contribution in [2.45, 2.75) is 76.4 Å². The van der Waals surface area contributed by atoms with Crippen molar-refractivity contribution in [1.82, 2.24) is 10.2 Å². The molecule has 0 spiro atoms. The molecule has 0 unspecified atom stereocenters. The number of carbonyl (C=O) groups excluding carboxylic acids is 2. The van der Waals surface area contributed by atoms with Crippen LogP contribution in [0.1, 0.15) is 55.7 Å². The van der Waals surface area contributed by atoms with Crippen LogP contribution in [0.25, 0.3) is 0 Å². The molecular weight excluding hydrogens is 558 g/mol. The van der Waals surface area contributed by atoms with Crippen LogP contribution >= 0.6 is 11.6 Å². The molecule has 1 fully saturated rings. The van der Waals surface area contributed by atoms with E-state index in [0.717, 1.165) is 46.7 Å². The van der Waals surface area contributed by atoms with Crippen molar-refractivity contribution in [3.05, 3.63) is 94.5 Å². The first kappa shape index (κ1) is 30.6. The first-order chi connectivity index (χ1) is 19.6. The molecule has 1 aliphatic carbocycles. The standard InChI is InChI=1S/C32H38ClN3O4S/c1-4-29(32(38)34-26-9-5-6-10-26)35(21-25-17-13-23(2)14-18-25)31(37)22-36(30-12-8-7-11-28(30)33)41(39,40)27-19-15-24(3)16-20-27/h7-8,11-20,26,29H,4-6,9-10,21-22H2,1-3H3,(H,34,38)/t29-/m1/s1. The Bertz CT molecular complexity index is 1450. The highest BCUT2D eigenvalue weighted by atomic mass is 35.5. The number of para-hydroxylation sites is 1. The van der Waals surface area contributed by atoms with Gasteiger partial charge in [0.15, 0.2) is 0 Å². The van der Waals surface area contributed by atoms with Crippen LogP contribution in [-0.2, 0) is 26.2 Å². The minimum atomic E-state index is -4.17. The smallest absolute Gasteiger partial charge is 0.264 e. The SMILES string of the molecule is CC[C@H](C(=O)NC1CCCC1)N(Cc1ccc(C)cc1)C(=O)CN(c1ccccc1Cl)S(=O)(=O)c1ccc(C)cc1. The number of nitrogens with one attached hydrogen (secondary N) is 1. The summed E-state index contributed by atoms with van der Waals surface area (Å²) in [6, 6.07) is 20.1. The van der Waals surface area contributed by atoms with Crippen LogP contribution in [0.4, 0.5) is 5.69 Å². The number of anilines is 1. The number of nitrogens with zero attached hydrogens (tertiary/aromatic N) is 2. The highest BCUT2D eigenvalue weighted by molar-refractivity contribution is 7.92. The van der Waals surface area contributed by atoms with E-state index < -0.39 is 28.5 Å². The zero-order chi connectivity index (χ0) is 29.6. The van der Waals surface area contributed by atoms with Gasteiger partial charge in [0.2, 0.25) is 11.8 Å². The molecule has 3 aromatic carbocycles. The number of amides is 2. The lowest BCUT2D eigenvalue weighted by Gasteiger charge is -2.34. The molecule has 1 saturated carbocycles. The third kappa shape index (κ3) is 7.49. The number of halogens is 1. The molecule has 218 valence electrons. The van der Waals surface area contributed by atoms with Gasteiger partial charge in [-0.1, -0.05) is 91.0 Å². The van der Waals surface area contributed by atoms with Gasteiger partial charge < -0.3 is 10.2 Å². The van der Waals surface area contributed by atoms with Gasteiger partial charge in [-0.15, -0.1) is 0 Å². The fraction of sp³-hybridized carbons (Fsp3) is 0.375. The lowest BCUT2D eigenvalue weighted by Crippen LogP contribution is -2.53. The van der Waals surface area contributed by atoms with Crippen molar-refractivity contribution in [2.75, 3.05) is 10.8 Å². The summed E-state index contributed by atoms with van der Waals surface area (Å²) in [5, 5.41) is 3.33. The minimum absolute atomic E-state index is 0.0481. The van der Waals surface area contributed by atoms with Gasteiger partial charge in [0.1, 0.15) is 12.6 Å². The zero-order valence-corrected chi connectivity index (χ0v) is 25.4. The molecule has 9 heteroatoms. The molecule has 0 aliphatic heterocycles. The Morgan fingerprint density at radius 3 is 2.10 bits per heavy atom. The fourth-order valence-electron chi connectivity index (χ4n) is 5.18. The van der Waals surface area contributed by atoms with Gasteiger partial charge >= 0.3 is 0 Å². The average molecular weight is 596 g/mol. The second-order valence-electron chi connectivity index (χ2n) is 10.7. The average Bonchev–Trinajstić information content (AvgIpc) is 3.46. The van der Waals surface area contributed by atoms with Crippen LogP contribution in [0.3, 0.4) is 0 Å². The van der Waals surface area contributed by atoms with Gasteiger partial charge in [0.05, 0.1) is 15.6 Å². The predicted octanol–water partition coefficient (Wildman–Crippen LogP) is 6.02. The van der Waals surface area contributed by atoms with Crippen LogP contribution in [0.15, 0.2) is 77.7 Å². The summed E-state index contributed by atoms with van der Waals surface area (Å²) < 4.78 is 29.0. The Labute approximate surface area is 248 Å². The van der Waals surface area contributed by atoms with Crippen molar-refractivity contribution in [2.24, 2.45) is 0 Å². The number of carbonyl (C=O) groups is 2. The summed E-state index contributed by atoms with van der Waals surface area (Å²) in [6.45, 7) is 5.36. The maximum Gasteiger partial charge on any atom is 0.264 e. The van der Waals surface area contributed by atoms with E-state index in [4.69, 9.17) is 11.6 Å². The topological polar surface area (TPSA) is 86.8 Å². The van der Waals surface area contributed by atoms with Crippen molar-refractivity contribution < 1.29 is 18.0 Å².